The number of rotatable bonds is 4. The fraction of sp³-hybridized carbons (Fsp3) is 0.294. The van der Waals surface area contributed by atoms with Crippen molar-refractivity contribution in [3.63, 3.8) is 0 Å². The molecule has 26 heavy (non-hydrogen) atoms. The number of hydrogen-bond acceptors (Lipinski definition) is 8. The number of aryl methyl sites for hydroxylation is 1. The summed E-state index contributed by atoms with van der Waals surface area (Å²) in [5.41, 5.74) is 1.88. The van der Waals surface area contributed by atoms with Crippen LogP contribution in [0.3, 0.4) is 0 Å². The topological polar surface area (TPSA) is 112 Å². The first kappa shape index (κ1) is 17.4. The van der Waals surface area contributed by atoms with Crippen LogP contribution >= 0.6 is 0 Å². The molecular weight excluding hydrogens is 335 g/mol. The van der Waals surface area contributed by atoms with Crippen molar-refractivity contribution in [1.82, 2.24) is 19.9 Å². The second-order valence-electron chi connectivity index (χ2n) is 5.91. The molecule has 0 fully saturated rings. The van der Waals surface area contributed by atoms with Crippen molar-refractivity contribution >= 4 is 17.5 Å². The van der Waals surface area contributed by atoms with Gasteiger partial charge in [0.15, 0.2) is 23.1 Å². The molecule has 1 aliphatic rings. The molecule has 0 spiro atoms. The van der Waals surface area contributed by atoms with Gasteiger partial charge in [-0.05, 0) is 32.4 Å². The Kier molecular flexibility index (Phi) is 4.84. The highest BCUT2D eigenvalue weighted by Gasteiger charge is 2.17. The summed E-state index contributed by atoms with van der Waals surface area (Å²) in [6, 6.07) is 1.63. The number of anilines is 2. The molecule has 132 valence electrons. The molecule has 0 bridgehead atoms. The lowest BCUT2D eigenvalue weighted by molar-refractivity contribution is 0.604. The van der Waals surface area contributed by atoms with Crippen molar-refractivity contribution in [1.29, 1.82) is 5.26 Å². The fourth-order valence-corrected chi connectivity index (χ4v) is 2.36. The highest BCUT2D eigenvalue weighted by Crippen LogP contribution is 2.22. The van der Waals surface area contributed by atoms with Crippen LogP contribution in [0.25, 0.3) is 0 Å². The normalized spacial score (nSPS) is 14.3. The molecule has 0 radical (unpaired) electrons. The van der Waals surface area contributed by atoms with Crippen molar-refractivity contribution in [3.05, 3.63) is 47.1 Å². The van der Waals surface area contributed by atoms with Crippen LogP contribution in [0.1, 0.15) is 37.1 Å². The number of nitrogens with one attached hydrogen (secondary N) is 2. The lowest BCUT2D eigenvalue weighted by atomic mass is 10.3. The number of nitrogens with zero attached hydrogens (tertiary/aromatic N) is 6. The molecule has 0 saturated carbocycles. The third-order valence-corrected chi connectivity index (χ3v) is 3.69. The van der Waals surface area contributed by atoms with Crippen LogP contribution in [0.5, 0.6) is 0 Å². The minimum atomic E-state index is -0.513. The highest BCUT2D eigenvalue weighted by atomic mass is 19.1. The van der Waals surface area contributed by atoms with Crippen molar-refractivity contribution in [2.75, 3.05) is 17.2 Å². The number of aliphatic imine (C=N–C) groups is 1. The monoisotopic (exact) mass is 352 g/mol. The Hall–Kier alpha value is -3.41. The first-order chi connectivity index (χ1) is 12.5. The summed E-state index contributed by atoms with van der Waals surface area (Å²) in [7, 11) is 0. The van der Waals surface area contributed by atoms with E-state index in [9.17, 15) is 9.65 Å². The van der Waals surface area contributed by atoms with E-state index in [0.717, 1.165) is 18.0 Å². The Labute approximate surface area is 150 Å². The zero-order valence-electron chi connectivity index (χ0n) is 14.6. The standard InChI is InChI=1S/C17H17FN8/c1-9-4-14(20-6-9)25-16-11(3)23-13(5-19)17(26-16)24-10(2)15-21-7-12(18)8-22-15/h4,7-8,10H,6H2,1-3H3,(H2,20,24,25,26). The average Bonchev–Trinajstić information content (AvgIpc) is 3.03. The Morgan fingerprint density at radius 1 is 1.19 bits per heavy atom. The molecular formula is C17H17FN8. The molecule has 1 unspecified atom stereocenters. The summed E-state index contributed by atoms with van der Waals surface area (Å²) in [5, 5.41) is 15.5. The Morgan fingerprint density at radius 2 is 1.92 bits per heavy atom. The maximum absolute atomic E-state index is 13.0. The van der Waals surface area contributed by atoms with Gasteiger partial charge in [-0.15, -0.1) is 0 Å². The maximum Gasteiger partial charge on any atom is 0.183 e. The smallest absolute Gasteiger partial charge is 0.183 e. The molecule has 0 aromatic carbocycles. The van der Waals surface area contributed by atoms with Gasteiger partial charge in [0.25, 0.3) is 0 Å². The average molecular weight is 352 g/mol. The molecule has 2 N–H and O–H groups in total. The van der Waals surface area contributed by atoms with E-state index < -0.39 is 11.9 Å². The van der Waals surface area contributed by atoms with E-state index in [2.05, 4.69) is 35.6 Å². The first-order valence-corrected chi connectivity index (χ1v) is 7.97. The molecule has 1 atom stereocenters. The van der Waals surface area contributed by atoms with Crippen LogP contribution in [0.4, 0.5) is 16.0 Å². The highest BCUT2D eigenvalue weighted by molar-refractivity contribution is 6.05. The van der Waals surface area contributed by atoms with Gasteiger partial charge in [-0.25, -0.2) is 24.3 Å². The zero-order chi connectivity index (χ0) is 18.7. The minimum Gasteiger partial charge on any atom is -0.358 e. The molecule has 2 aromatic heterocycles. The lowest BCUT2D eigenvalue weighted by Crippen LogP contribution is -2.16. The molecule has 3 rings (SSSR count). The predicted octanol–water partition coefficient (Wildman–Crippen LogP) is 2.53. The van der Waals surface area contributed by atoms with Gasteiger partial charge in [-0.2, -0.15) is 5.26 Å². The second-order valence-corrected chi connectivity index (χ2v) is 5.91. The van der Waals surface area contributed by atoms with Crippen molar-refractivity contribution in [2.24, 2.45) is 4.99 Å². The van der Waals surface area contributed by atoms with Gasteiger partial charge in [0.1, 0.15) is 17.7 Å². The van der Waals surface area contributed by atoms with E-state index in [1.165, 1.54) is 0 Å². The van der Waals surface area contributed by atoms with Gasteiger partial charge < -0.3 is 10.6 Å². The van der Waals surface area contributed by atoms with Crippen LogP contribution < -0.4 is 10.6 Å². The summed E-state index contributed by atoms with van der Waals surface area (Å²) >= 11 is 0. The van der Waals surface area contributed by atoms with E-state index >= 15 is 0 Å². The number of amidine groups is 1. The van der Waals surface area contributed by atoms with E-state index in [1.54, 1.807) is 13.8 Å². The van der Waals surface area contributed by atoms with Gasteiger partial charge in [0.2, 0.25) is 0 Å². The van der Waals surface area contributed by atoms with Crippen LogP contribution in [0, 0.1) is 24.1 Å². The van der Waals surface area contributed by atoms with Gasteiger partial charge in [-0.1, -0.05) is 0 Å². The zero-order valence-corrected chi connectivity index (χ0v) is 14.6. The molecule has 8 nitrogen and oxygen atoms in total. The third-order valence-electron chi connectivity index (χ3n) is 3.69. The molecule has 1 aliphatic heterocycles. The predicted molar refractivity (Wildman–Crippen MR) is 95.2 cm³/mol. The lowest BCUT2D eigenvalue weighted by Gasteiger charge is -2.16. The number of aromatic nitrogens is 4. The van der Waals surface area contributed by atoms with Crippen LogP contribution in [-0.2, 0) is 0 Å². The number of nitriles is 1. The van der Waals surface area contributed by atoms with Crippen LogP contribution in [0.2, 0.25) is 0 Å². The molecule has 0 amide bonds. The quantitative estimate of drug-likeness (QED) is 0.869. The van der Waals surface area contributed by atoms with Gasteiger partial charge >= 0.3 is 0 Å². The van der Waals surface area contributed by atoms with Crippen molar-refractivity contribution < 1.29 is 4.39 Å². The Balaban J connectivity index is 1.86. The van der Waals surface area contributed by atoms with Crippen molar-refractivity contribution in [3.8, 4) is 6.07 Å². The van der Waals surface area contributed by atoms with Gasteiger partial charge in [0, 0.05) is 0 Å². The van der Waals surface area contributed by atoms with E-state index in [4.69, 9.17) is 0 Å². The summed E-state index contributed by atoms with van der Waals surface area (Å²) in [6.07, 6.45) is 4.11. The molecule has 0 aliphatic carbocycles. The van der Waals surface area contributed by atoms with E-state index in [-0.39, 0.29) is 5.69 Å². The van der Waals surface area contributed by atoms with Gasteiger partial charge in [-0.3, -0.25) is 4.99 Å². The summed E-state index contributed by atoms with van der Waals surface area (Å²) < 4.78 is 13.0. The molecule has 9 heteroatoms. The summed E-state index contributed by atoms with van der Waals surface area (Å²) in [4.78, 5) is 21.0. The largest absolute Gasteiger partial charge is 0.358 e. The SMILES string of the molecule is CC1=CC(Nc2nc(NC(C)c3ncc(F)cn3)c(C#N)nc2C)=NC1. The number of hydrogen-bond donors (Lipinski definition) is 2. The van der Waals surface area contributed by atoms with Crippen LogP contribution in [-0.4, -0.2) is 32.3 Å². The van der Waals surface area contributed by atoms with Crippen LogP contribution in [0.15, 0.2) is 29.0 Å². The molecule has 0 saturated heterocycles. The number of halogens is 1. The Bertz CT molecular complexity index is 927. The van der Waals surface area contributed by atoms with Gasteiger partial charge in [0.05, 0.1) is 30.7 Å². The second kappa shape index (κ2) is 7.23. The minimum absolute atomic E-state index is 0.155. The summed E-state index contributed by atoms with van der Waals surface area (Å²) in [5.74, 6) is 1.36. The Morgan fingerprint density at radius 3 is 2.54 bits per heavy atom. The fourth-order valence-electron chi connectivity index (χ4n) is 2.36. The third kappa shape index (κ3) is 3.80. The first-order valence-electron chi connectivity index (χ1n) is 7.97. The van der Waals surface area contributed by atoms with Crippen molar-refractivity contribution in [2.45, 2.75) is 26.8 Å². The van der Waals surface area contributed by atoms with E-state index in [1.807, 2.05) is 19.1 Å². The summed E-state index contributed by atoms with van der Waals surface area (Å²) in [6.45, 7) is 6.19. The maximum atomic E-state index is 13.0. The molecule has 2 aromatic rings. The molecule has 3 heterocycles. The van der Waals surface area contributed by atoms with E-state index in [0.29, 0.717) is 35.5 Å².